The maximum atomic E-state index is 6.37. The van der Waals surface area contributed by atoms with Crippen molar-refractivity contribution in [2.45, 2.75) is 0 Å². The Hall–Kier alpha value is -1.56. The molecule has 1 N–H and O–H groups in total. The van der Waals surface area contributed by atoms with Crippen LogP contribution in [0.15, 0.2) is 48.8 Å². The highest BCUT2D eigenvalue weighted by atomic mass is 35.5. The van der Waals surface area contributed by atoms with Crippen LogP contribution in [0, 0.1) is 4.77 Å². The van der Waals surface area contributed by atoms with Crippen LogP contribution in [-0.2, 0) is 0 Å². The Morgan fingerprint density at radius 2 is 1.69 bits per heavy atom. The van der Waals surface area contributed by atoms with E-state index in [1.165, 1.54) is 0 Å². The molecule has 0 aliphatic carbocycles. The summed E-state index contributed by atoms with van der Waals surface area (Å²) in [5.41, 5.74) is 4.10. The van der Waals surface area contributed by atoms with Crippen molar-refractivity contribution < 1.29 is 0 Å². The molecule has 4 aromatic rings. The number of aromatic nitrogens is 3. The number of nitrogens with one attached hydrogen (secondary N) is 1. The van der Waals surface area contributed by atoms with E-state index in [9.17, 15) is 0 Å². The van der Waals surface area contributed by atoms with Crippen LogP contribution in [0.1, 0.15) is 0 Å². The zero-order chi connectivity index (χ0) is 18.4. The Bertz CT molecular complexity index is 1210. The highest BCUT2D eigenvalue weighted by molar-refractivity contribution is 7.71. The standard InChI is InChI=1S/C18H9Cl4N3S/c19-10-2-3-11(14(21)6-10)12-7-23-18(26)25-8-16(24-17(12)25)9-1-4-13(20)15(22)5-9/h1-8,24H. The Kier molecular flexibility index (Phi) is 4.71. The molecule has 26 heavy (non-hydrogen) atoms. The molecule has 0 amide bonds. The maximum absolute atomic E-state index is 6.37. The van der Waals surface area contributed by atoms with E-state index in [1.54, 1.807) is 34.9 Å². The van der Waals surface area contributed by atoms with Crippen molar-refractivity contribution in [3.63, 3.8) is 0 Å². The number of fused-ring (bicyclic) bond motifs is 1. The van der Waals surface area contributed by atoms with Crippen molar-refractivity contribution in [2.75, 3.05) is 0 Å². The summed E-state index contributed by atoms with van der Waals surface area (Å²) in [6, 6.07) is 10.7. The first kappa shape index (κ1) is 17.8. The van der Waals surface area contributed by atoms with Crippen LogP contribution in [0.4, 0.5) is 0 Å². The first-order valence-corrected chi connectivity index (χ1v) is 9.37. The smallest absolute Gasteiger partial charge is 0.205 e. The lowest BCUT2D eigenvalue weighted by atomic mass is 10.1. The van der Waals surface area contributed by atoms with E-state index in [4.69, 9.17) is 58.6 Å². The van der Waals surface area contributed by atoms with Crippen LogP contribution in [-0.4, -0.2) is 14.4 Å². The van der Waals surface area contributed by atoms with Crippen LogP contribution in [0.3, 0.4) is 0 Å². The number of aromatic amines is 1. The summed E-state index contributed by atoms with van der Waals surface area (Å²) < 4.78 is 2.23. The Balaban J connectivity index is 1.96. The van der Waals surface area contributed by atoms with E-state index in [-0.39, 0.29) is 0 Å². The first-order valence-electron chi connectivity index (χ1n) is 7.45. The summed E-state index contributed by atoms with van der Waals surface area (Å²) in [5, 5.41) is 2.08. The van der Waals surface area contributed by atoms with Crippen molar-refractivity contribution in [1.82, 2.24) is 14.4 Å². The summed E-state index contributed by atoms with van der Waals surface area (Å²) in [6.45, 7) is 0. The number of halogens is 4. The van der Waals surface area contributed by atoms with Crippen LogP contribution in [0.25, 0.3) is 28.0 Å². The molecule has 2 aromatic carbocycles. The van der Waals surface area contributed by atoms with E-state index in [0.717, 1.165) is 28.0 Å². The third kappa shape index (κ3) is 3.13. The monoisotopic (exact) mass is 439 g/mol. The Morgan fingerprint density at radius 1 is 0.885 bits per heavy atom. The van der Waals surface area contributed by atoms with Crippen molar-refractivity contribution in [3.8, 4) is 22.4 Å². The highest BCUT2D eigenvalue weighted by Crippen LogP contribution is 2.34. The van der Waals surface area contributed by atoms with Crippen LogP contribution < -0.4 is 0 Å². The van der Waals surface area contributed by atoms with Crippen molar-refractivity contribution >= 4 is 64.3 Å². The van der Waals surface area contributed by atoms with Gasteiger partial charge in [0.15, 0.2) is 0 Å². The van der Waals surface area contributed by atoms with Gasteiger partial charge < -0.3 is 4.98 Å². The lowest BCUT2D eigenvalue weighted by molar-refractivity contribution is 1.06. The van der Waals surface area contributed by atoms with Gasteiger partial charge in [-0.15, -0.1) is 0 Å². The molecule has 0 aliphatic rings. The van der Waals surface area contributed by atoms with Gasteiger partial charge in [0.2, 0.25) is 4.77 Å². The average Bonchev–Trinajstić information content (AvgIpc) is 3.05. The van der Waals surface area contributed by atoms with E-state index in [0.29, 0.717) is 24.9 Å². The molecule has 0 unspecified atom stereocenters. The zero-order valence-corrected chi connectivity index (χ0v) is 16.8. The van der Waals surface area contributed by atoms with Gasteiger partial charge in [0.05, 0.1) is 20.8 Å². The topological polar surface area (TPSA) is 33.1 Å². The molecule has 0 atom stereocenters. The van der Waals surface area contributed by atoms with Gasteiger partial charge in [-0.2, -0.15) is 0 Å². The molecular formula is C18H9Cl4N3S. The van der Waals surface area contributed by atoms with Crippen LogP contribution >= 0.6 is 58.6 Å². The molecular weight excluding hydrogens is 432 g/mol. The molecule has 0 fully saturated rings. The molecule has 0 bridgehead atoms. The molecule has 0 aliphatic heterocycles. The summed E-state index contributed by atoms with van der Waals surface area (Å²) in [4.78, 5) is 7.68. The zero-order valence-electron chi connectivity index (χ0n) is 12.9. The third-order valence-electron chi connectivity index (χ3n) is 3.97. The second kappa shape index (κ2) is 6.87. The van der Waals surface area contributed by atoms with E-state index >= 15 is 0 Å². The lowest BCUT2D eigenvalue weighted by Crippen LogP contribution is -1.93. The molecule has 0 saturated heterocycles. The number of hydrogen-bond acceptors (Lipinski definition) is 2. The van der Waals surface area contributed by atoms with Crippen LogP contribution in [0.2, 0.25) is 20.1 Å². The molecule has 0 spiro atoms. The third-order valence-corrected chi connectivity index (χ3v) is 5.56. The fourth-order valence-corrected chi connectivity index (χ4v) is 3.73. The summed E-state index contributed by atoms with van der Waals surface area (Å²) >= 11 is 29.9. The minimum Gasteiger partial charge on any atom is -0.339 e. The summed E-state index contributed by atoms with van der Waals surface area (Å²) in [5.74, 6) is 0. The first-order chi connectivity index (χ1) is 12.4. The minimum atomic E-state index is 0.427. The quantitative estimate of drug-likeness (QED) is 0.330. The van der Waals surface area contributed by atoms with E-state index in [2.05, 4.69) is 9.97 Å². The number of nitrogens with zero attached hydrogens (tertiary/aromatic N) is 2. The number of imidazole rings is 1. The number of rotatable bonds is 2. The predicted octanol–water partition coefficient (Wildman–Crippen LogP) is 7.34. The largest absolute Gasteiger partial charge is 0.339 e. The fraction of sp³-hybridized carbons (Fsp3) is 0. The molecule has 8 heteroatoms. The van der Waals surface area contributed by atoms with Gasteiger partial charge >= 0.3 is 0 Å². The number of H-pyrrole nitrogens is 1. The second-order valence-electron chi connectivity index (χ2n) is 5.59. The molecule has 130 valence electrons. The highest BCUT2D eigenvalue weighted by Gasteiger charge is 2.13. The van der Waals surface area contributed by atoms with Gasteiger partial charge in [-0.3, -0.25) is 4.40 Å². The van der Waals surface area contributed by atoms with Crippen LogP contribution in [0.5, 0.6) is 0 Å². The van der Waals surface area contributed by atoms with Crippen molar-refractivity contribution in [3.05, 3.63) is 73.7 Å². The summed E-state index contributed by atoms with van der Waals surface area (Å²) in [6.07, 6.45) is 3.57. The second-order valence-corrected chi connectivity index (χ2v) is 7.62. The Morgan fingerprint density at radius 3 is 2.42 bits per heavy atom. The molecule has 0 radical (unpaired) electrons. The van der Waals surface area contributed by atoms with Gasteiger partial charge in [-0.1, -0.05) is 58.5 Å². The number of benzene rings is 2. The van der Waals surface area contributed by atoms with Crippen molar-refractivity contribution in [2.24, 2.45) is 0 Å². The lowest BCUT2D eigenvalue weighted by Gasteiger charge is -2.06. The van der Waals surface area contributed by atoms with Crippen molar-refractivity contribution in [1.29, 1.82) is 0 Å². The fourth-order valence-electron chi connectivity index (χ4n) is 2.72. The van der Waals surface area contributed by atoms with Gasteiger partial charge in [-0.05, 0) is 36.5 Å². The van der Waals surface area contributed by atoms with Gasteiger partial charge in [0.1, 0.15) is 5.65 Å². The molecule has 2 aromatic heterocycles. The van der Waals surface area contributed by atoms with E-state index in [1.807, 2.05) is 18.3 Å². The molecule has 0 saturated carbocycles. The van der Waals surface area contributed by atoms with Gasteiger partial charge in [0.25, 0.3) is 0 Å². The molecule has 3 nitrogen and oxygen atoms in total. The van der Waals surface area contributed by atoms with E-state index < -0.39 is 0 Å². The molecule has 2 heterocycles. The maximum Gasteiger partial charge on any atom is 0.205 e. The average molecular weight is 441 g/mol. The summed E-state index contributed by atoms with van der Waals surface area (Å²) in [7, 11) is 0. The normalized spacial score (nSPS) is 11.2. The predicted molar refractivity (Wildman–Crippen MR) is 111 cm³/mol. The number of hydrogen-bond donors (Lipinski definition) is 1. The van der Waals surface area contributed by atoms with Gasteiger partial charge in [0, 0.05) is 34.1 Å². The van der Waals surface area contributed by atoms with Gasteiger partial charge in [-0.25, -0.2) is 4.98 Å². The molecule has 4 rings (SSSR count). The Labute approximate surface area is 174 Å². The SMILES string of the molecule is S=c1ncc(-c2ccc(Cl)cc2Cl)c2[nH]c(-c3ccc(Cl)c(Cl)c3)cn12. The minimum absolute atomic E-state index is 0.427.